The zero-order valence-electron chi connectivity index (χ0n) is 10.00. The van der Waals surface area contributed by atoms with Crippen molar-refractivity contribution >= 4 is 11.6 Å². The normalized spacial score (nSPS) is 10.6. The third kappa shape index (κ3) is 2.36. The molecule has 0 bridgehead atoms. The van der Waals surface area contributed by atoms with Gasteiger partial charge in [-0.2, -0.15) is 0 Å². The van der Waals surface area contributed by atoms with Crippen LogP contribution in [0.5, 0.6) is 0 Å². The van der Waals surface area contributed by atoms with Gasteiger partial charge in [0.1, 0.15) is 0 Å². The standard InChI is InChI=1S/C15H15ClO/c1-10-3-8-14(15(16)11(10)2)13-6-4-12(9-17)5-7-13/h3-8,17H,9H2,1-2H3. The predicted molar refractivity (Wildman–Crippen MR) is 72.3 cm³/mol. The average molecular weight is 247 g/mol. The first-order valence-corrected chi connectivity index (χ1v) is 5.97. The Morgan fingerprint density at radius 2 is 1.65 bits per heavy atom. The molecule has 0 amide bonds. The summed E-state index contributed by atoms with van der Waals surface area (Å²) in [6, 6.07) is 11.9. The largest absolute Gasteiger partial charge is 0.392 e. The highest BCUT2D eigenvalue weighted by Gasteiger charge is 2.07. The predicted octanol–water partition coefficient (Wildman–Crippen LogP) is 4.12. The monoisotopic (exact) mass is 246 g/mol. The molecule has 0 unspecified atom stereocenters. The molecule has 0 spiro atoms. The molecule has 0 saturated heterocycles. The number of hydrogen-bond acceptors (Lipinski definition) is 1. The molecule has 88 valence electrons. The molecule has 0 aliphatic carbocycles. The summed E-state index contributed by atoms with van der Waals surface area (Å²) in [6.07, 6.45) is 0. The number of benzene rings is 2. The number of aryl methyl sites for hydroxylation is 1. The minimum Gasteiger partial charge on any atom is -0.392 e. The molecule has 1 nitrogen and oxygen atoms in total. The SMILES string of the molecule is Cc1ccc(-c2ccc(CO)cc2)c(Cl)c1C. The van der Waals surface area contributed by atoms with Crippen LogP contribution in [0.2, 0.25) is 5.02 Å². The lowest BCUT2D eigenvalue weighted by atomic mass is 9.99. The molecule has 0 radical (unpaired) electrons. The Morgan fingerprint density at radius 1 is 1.00 bits per heavy atom. The Labute approximate surface area is 107 Å². The van der Waals surface area contributed by atoms with E-state index in [0.717, 1.165) is 27.3 Å². The number of hydrogen-bond donors (Lipinski definition) is 1. The fourth-order valence-corrected chi connectivity index (χ4v) is 2.12. The van der Waals surface area contributed by atoms with E-state index in [9.17, 15) is 0 Å². The van der Waals surface area contributed by atoms with Gasteiger partial charge in [-0.3, -0.25) is 0 Å². The van der Waals surface area contributed by atoms with Crippen LogP contribution in [-0.2, 0) is 6.61 Å². The zero-order valence-corrected chi connectivity index (χ0v) is 10.8. The Morgan fingerprint density at radius 3 is 2.24 bits per heavy atom. The van der Waals surface area contributed by atoms with Crippen molar-refractivity contribution in [3.8, 4) is 11.1 Å². The molecular weight excluding hydrogens is 232 g/mol. The van der Waals surface area contributed by atoms with E-state index < -0.39 is 0 Å². The maximum atomic E-state index is 9.01. The van der Waals surface area contributed by atoms with Crippen molar-refractivity contribution in [1.82, 2.24) is 0 Å². The van der Waals surface area contributed by atoms with Gasteiger partial charge < -0.3 is 5.11 Å². The van der Waals surface area contributed by atoms with Gasteiger partial charge in [0, 0.05) is 5.56 Å². The van der Waals surface area contributed by atoms with E-state index in [1.54, 1.807) is 0 Å². The first kappa shape index (κ1) is 12.2. The molecular formula is C15H15ClO. The van der Waals surface area contributed by atoms with Gasteiger partial charge in [-0.25, -0.2) is 0 Å². The van der Waals surface area contributed by atoms with Crippen LogP contribution in [-0.4, -0.2) is 5.11 Å². The van der Waals surface area contributed by atoms with Crippen LogP contribution in [0.1, 0.15) is 16.7 Å². The lowest BCUT2D eigenvalue weighted by Crippen LogP contribution is -1.88. The highest BCUT2D eigenvalue weighted by atomic mass is 35.5. The Balaban J connectivity index is 2.49. The summed E-state index contributed by atoms with van der Waals surface area (Å²) in [5.41, 5.74) is 5.35. The third-order valence-electron chi connectivity index (χ3n) is 3.10. The van der Waals surface area contributed by atoms with E-state index in [2.05, 4.69) is 13.0 Å². The quantitative estimate of drug-likeness (QED) is 0.845. The first-order valence-electron chi connectivity index (χ1n) is 5.59. The molecule has 2 heteroatoms. The van der Waals surface area contributed by atoms with E-state index in [-0.39, 0.29) is 6.61 Å². The molecule has 0 saturated carbocycles. The fraction of sp³-hybridized carbons (Fsp3) is 0.200. The van der Waals surface area contributed by atoms with E-state index >= 15 is 0 Å². The van der Waals surface area contributed by atoms with Crippen molar-refractivity contribution in [3.05, 3.63) is 58.1 Å². The summed E-state index contributed by atoms with van der Waals surface area (Å²) < 4.78 is 0. The summed E-state index contributed by atoms with van der Waals surface area (Å²) in [5.74, 6) is 0. The molecule has 2 aromatic rings. The molecule has 0 fully saturated rings. The van der Waals surface area contributed by atoms with Crippen LogP contribution in [0.15, 0.2) is 36.4 Å². The van der Waals surface area contributed by atoms with Gasteiger partial charge in [-0.1, -0.05) is 48.0 Å². The highest BCUT2D eigenvalue weighted by Crippen LogP contribution is 2.32. The van der Waals surface area contributed by atoms with Crippen LogP contribution >= 0.6 is 11.6 Å². The summed E-state index contributed by atoms with van der Waals surface area (Å²) in [4.78, 5) is 0. The van der Waals surface area contributed by atoms with E-state index in [0.29, 0.717) is 0 Å². The van der Waals surface area contributed by atoms with Crippen LogP contribution in [0.25, 0.3) is 11.1 Å². The summed E-state index contributed by atoms with van der Waals surface area (Å²) in [5, 5.41) is 9.82. The van der Waals surface area contributed by atoms with Gasteiger partial charge in [-0.05, 0) is 36.1 Å². The molecule has 2 aromatic carbocycles. The molecule has 0 atom stereocenters. The van der Waals surface area contributed by atoms with Crippen molar-refractivity contribution in [2.45, 2.75) is 20.5 Å². The number of halogens is 1. The smallest absolute Gasteiger partial charge is 0.0681 e. The fourth-order valence-electron chi connectivity index (χ4n) is 1.79. The van der Waals surface area contributed by atoms with Gasteiger partial charge in [0.25, 0.3) is 0 Å². The van der Waals surface area contributed by atoms with Crippen molar-refractivity contribution in [1.29, 1.82) is 0 Å². The topological polar surface area (TPSA) is 20.2 Å². The summed E-state index contributed by atoms with van der Waals surface area (Å²) in [7, 11) is 0. The van der Waals surface area contributed by atoms with Crippen molar-refractivity contribution in [3.63, 3.8) is 0 Å². The number of aliphatic hydroxyl groups excluding tert-OH is 1. The van der Waals surface area contributed by atoms with Gasteiger partial charge in [0.2, 0.25) is 0 Å². The summed E-state index contributed by atoms with van der Waals surface area (Å²) in [6.45, 7) is 4.16. The Hall–Kier alpha value is -1.31. The Bertz CT molecular complexity index is 529. The van der Waals surface area contributed by atoms with Crippen LogP contribution < -0.4 is 0 Å². The highest BCUT2D eigenvalue weighted by molar-refractivity contribution is 6.34. The lowest BCUT2D eigenvalue weighted by molar-refractivity contribution is 0.282. The first-order chi connectivity index (χ1) is 8.13. The van der Waals surface area contributed by atoms with Crippen molar-refractivity contribution in [2.75, 3.05) is 0 Å². The van der Waals surface area contributed by atoms with E-state index in [1.165, 1.54) is 5.56 Å². The molecule has 2 rings (SSSR count). The average Bonchev–Trinajstić information content (AvgIpc) is 2.36. The van der Waals surface area contributed by atoms with Crippen molar-refractivity contribution in [2.24, 2.45) is 0 Å². The second kappa shape index (κ2) is 4.91. The Kier molecular flexibility index (Phi) is 3.51. The molecule has 1 N–H and O–H groups in total. The van der Waals surface area contributed by atoms with Gasteiger partial charge in [0.15, 0.2) is 0 Å². The maximum absolute atomic E-state index is 9.01. The van der Waals surface area contributed by atoms with Crippen molar-refractivity contribution < 1.29 is 5.11 Å². The lowest BCUT2D eigenvalue weighted by Gasteiger charge is -2.10. The van der Waals surface area contributed by atoms with Gasteiger partial charge in [0.05, 0.1) is 11.6 Å². The van der Waals surface area contributed by atoms with Crippen LogP contribution in [0.4, 0.5) is 0 Å². The number of aliphatic hydroxyl groups is 1. The van der Waals surface area contributed by atoms with E-state index in [1.807, 2.05) is 37.3 Å². The second-order valence-corrected chi connectivity index (χ2v) is 4.60. The van der Waals surface area contributed by atoms with Gasteiger partial charge >= 0.3 is 0 Å². The van der Waals surface area contributed by atoms with Gasteiger partial charge in [-0.15, -0.1) is 0 Å². The summed E-state index contributed by atoms with van der Waals surface area (Å²) >= 11 is 6.36. The molecule has 17 heavy (non-hydrogen) atoms. The molecule has 0 aliphatic heterocycles. The minimum absolute atomic E-state index is 0.0704. The number of rotatable bonds is 2. The molecule has 0 aromatic heterocycles. The maximum Gasteiger partial charge on any atom is 0.0681 e. The minimum atomic E-state index is 0.0704. The van der Waals surface area contributed by atoms with E-state index in [4.69, 9.17) is 16.7 Å². The third-order valence-corrected chi connectivity index (χ3v) is 3.59. The van der Waals surface area contributed by atoms with Crippen LogP contribution in [0.3, 0.4) is 0 Å². The zero-order chi connectivity index (χ0) is 12.4. The van der Waals surface area contributed by atoms with Crippen LogP contribution in [0, 0.1) is 13.8 Å². The molecule has 0 heterocycles. The molecule has 0 aliphatic rings. The second-order valence-electron chi connectivity index (χ2n) is 4.22.